The maximum Gasteiger partial charge on any atom is 0.412 e. The number of anilines is 1. The van der Waals surface area contributed by atoms with Crippen LogP contribution in [-0.2, 0) is 14.9 Å². The second-order valence-corrected chi connectivity index (χ2v) is 8.35. The van der Waals surface area contributed by atoms with Crippen LogP contribution in [0.25, 0.3) is 11.4 Å². The number of carboxylic acids is 1. The smallest absolute Gasteiger partial charge is 0.412 e. The van der Waals surface area contributed by atoms with Gasteiger partial charge in [-0.3, -0.25) is 10.1 Å². The summed E-state index contributed by atoms with van der Waals surface area (Å²) in [6.45, 7) is 3.67. The molecule has 0 aliphatic heterocycles. The third-order valence-electron chi connectivity index (χ3n) is 5.62. The fraction of sp³-hybridized carbons (Fsp3) is 0.261. The molecule has 5 rings (SSSR count). The first-order valence-corrected chi connectivity index (χ1v) is 10.9. The van der Waals surface area contributed by atoms with Crippen molar-refractivity contribution in [3.05, 3.63) is 58.1 Å². The Morgan fingerprint density at radius 1 is 1.20 bits per heavy atom. The third-order valence-corrected chi connectivity index (χ3v) is 5.87. The number of carbonyl (C=O) groups excluding carboxylic acids is 1. The molecule has 35 heavy (non-hydrogen) atoms. The van der Waals surface area contributed by atoms with Gasteiger partial charge in [0.1, 0.15) is 17.2 Å². The summed E-state index contributed by atoms with van der Waals surface area (Å²) in [4.78, 5) is 32.0. The number of benzene rings is 1. The third kappa shape index (κ3) is 4.20. The van der Waals surface area contributed by atoms with E-state index in [1.54, 1.807) is 6.92 Å². The summed E-state index contributed by atoms with van der Waals surface area (Å²) >= 11 is 6.03. The Bertz CT molecular complexity index is 1490. The van der Waals surface area contributed by atoms with Gasteiger partial charge in [-0.2, -0.15) is 9.97 Å². The molecule has 0 spiro atoms. The molecule has 1 aromatic carbocycles. The Balaban J connectivity index is 1.30. The van der Waals surface area contributed by atoms with Gasteiger partial charge < -0.3 is 23.2 Å². The van der Waals surface area contributed by atoms with E-state index in [1.807, 2.05) is 31.2 Å². The van der Waals surface area contributed by atoms with E-state index in [1.165, 1.54) is 0 Å². The minimum Gasteiger partial charge on any atom is -0.480 e. The van der Waals surface area contributed by atoms with E-state index in [9.17, 15) is 14.7 Å². The molecule has 1 unspecified atom stereocenters. The summed E-state index contributed by atoms with van der Waals surface area (Å²) in [6, 6.07) is 7.54. The van der Waals surface area contributed by atoms with Gasteiger partial charge in [-0.25, -0.2) is 4.79 Å². The van der Waals surface area contributed by atoms with E-state index >= 15 is 0 Å². The highest BCUT2D eigenvalue weighted by atomic mass is 35.5. The quantitative estimate of drug-likeness (QED) is 0.375. The van der Waals surface area contributed by atoms with Crippen molar-refractivity contribution in [3.63, 3.8) is 0 Å². The number of aliphatic carboxylic acids is 1. The lowest BCUT2D eigenvalue weighted by molar-refractivity contribution is -0.140. The number of hydrogen-bond donors (Lipinski definition) is 2. The Hall–Kier alpha value is -4.30. The van der Waals surface area contributed by atoms with Crippen LogP contribution in [0.5, 0.6) is 0 Å². The molecular formula is C23H17ClN4O7. The van der Waals surface area contributed by atoms with Crippen molar-refractivity contribution in [2.75, 3.05) is 5.32 Å². The number of aromatic nitrogens is 3. The summed E-state index contributed by atoms with van der Waals surface area (Å²) in [6.07, 6.45) is -0.411. The number of aryl methyl sites for hydroxylation is 1. The maximum atomic E-state index is 12.4. The highest BCUT2D eigenvalue weighted by Crippen LogP contribution is 2.48. The van der Waals surface area contributed by atoms with Crippen LogP contribution in [-0.4, -0.2) is 32.3 Å². The van der Waals surface area contributed by atoms with Gasteiger partial charge in [0.15, 0.2) is 5.15 Å². The highest BCUT2D eigenvalue weighted by molar-refractivity contribution is 6.32. The number of ether oxygens (including phenoxy) is 1. The van der Waals surface area contributed by atoms with Crippen molar-refractivity contribution >= 4 is 40.8 Å². The molecule has 4 aromatic rings. The molecule has 11 nitrogen and oxygen atoms in total. The molecule has 3 heterocycles. The number of hydrogen-bond acceptors (Lipinski definition) is 9. The van der Waals surface area contributed by atoms with E-state index in [0.717, 1.165) is 11.1 Å². The van der Waals surface area contributed by atoms with Gasteiger partial charge in [0.25, 0.3) is 17.3 Å². The molecule has 1 aliphatic rings. The zero-order valence-electron chi connectivity index (χ0n) is 18.4. The van der Waals surface area contributed by atoms with E-state index in [2.05, 4.69) is 32.3 Å². The Morgan fingerprint density at radius 2 is 1.94 bits per heavy atom. The molecule has 1 saturated carbocycles. The van der Waals surface area contributed by atoms with Crippen molar-refractivity contribution in [1.82, 2.24) is 15.1 Å². The van der Waals surface area contributed by atoms with Gasteiger partial charge in [0, 0.05) is 5.92 Å². The van der Waals surface area contributed by atoms with Gasteiger partial charge in [-0.15, -0.1) is 0 Å². The summed E-state index contributed by atoms with van der Waals surface area (Å²) in [5.41, 5.74) is 0.807. The number of nitrogens with one attached hydrogen (secondary N) is 1. The normalized spacial score (nSPS) is 14.7. The second kappa shape index (κ2) is 8.48. The predicted octanol–water partition coefficient (Wildman–Crippen LogP) is 4.59. The molecule has 0 radical (unpaired) electrons. The highest BCUT2D eigenvalue weighted by Gasteiger charge is 2.56. The topological polar surface area (TPSA) is 154 Å². The lowest BCUT2D eigenvalue weighted by Crippen LogP contribution is -2.19. The first-order valence-electron chi connectivity index (χ1n) is 10.5. The minimum absolute atomic E-state index is 0.0222. The molecule has 1 amide bonds. The first-order chi connectivity index (χ1) is 16.8. The Kier molecular flexibility index (Phi) is 5.45. The number of rotatable bonds is 5. The van der Waals surface area contributed by atoms with Gasteiger partial charge in [0.05, 0.1) is 0 Å². The molecule has 2 N–H and O–H groups in total. The fourth-order valence-corrected chi connectivity index (χ4v) is 3.68. The fourth-order valence-electron chi connectivity index (χ4n) is 3.52. The predicted molar refractivity (Wildman–Crippen MR) is 120 cm³/mol. The average Bonchev–Trinajstić information content (AvgIpc) is 3.25. The van der Waals surface area contributed by atoms with E-state index in [-0.39, 0.29) is 39.8 Å². The van der Waals surface area contributed by atoms with Gasteiger partial charge in [0.2, 0.25) is 11.7 Å². The summed E-state index contributed by atoms with van der Waals surface area (Å²) in [5, 5.41) is 15.3. The summed E-state index contributed by atoms with van der Waals surface area (Å²) in [7, 11) is 0. The molecular weight excluding hydrogens is 480 g/mol. The molecule has 12 heteroatoms. The largest absolute Gasteiger partial charge is 0.480 e. The van der Waals surface area contributed by atoms with Gasteiger partial charge in [-0.1, -0.05) is 41.0 Å². The number of carboxylic acid groups (broad SMARTS) is 1. The van der Waals surface area contributed by atoms with Crippen molar-refractivity contribution < 1.29 is 32.8 Å². The number of fused-ring (bicyclic) bond motifs is 1. The van der Waals surface area contributed by atoms with E-state index < -0.39 is 23.6 Å². The first kappa shape index (κ1) is 22.5. The van der Waals surface area contributed by atoms with Crippen molar-refractivity contribution in [3.8, 4) is 11.8 Å². The average molecular weight is 497 g/mol. The van der Waals surface area contributed by atoms with Gasteiger partial charge >= 0.3 is 12.1 Å². The van der Waals surface area contributed by atoms with Crippen LogP contribution in [0.1, 0.15) is 54.5 Å². The lowest BCUT2D eigenvalue weighted by Gasteiger charge is -2.15. The van der Waals surface area contributed by atoms with Crippen molar-refractivity contribution in [1.29, 1.82) is 0 Å². The molecule has 1 fully saturated rings. The number of amides is 1. The summed E-state index contributed by atoms with van der Waals surface area (Å²) < 4.78 is 21.4. The molecule has 178 valence electrons. The number of oxazole rings is 2. The second-order valence-electron chi connectivity index (χ2n) is 7.99. The Morgan fingerprint density at radius 3 is 2.63 bits per heavy atom. The minimum atomic E-state index is -1.11. The lowest BCUT2D eigenvalue weighted by atomic mass is 10.1. The van der Waals surface area contributed by atoms with Crippen LogP contribution in [0.15, 0.2) is 37.6 Å². The van der Waals surface area contributed by atoms with Crippen LogP contribution in [0, 0.1) is 18.8 Å². The van der Waals surface area contributed by atoms with E-state index in [4.69, 9.17) is 29.7 Å². The number of nitrogens with zero attached hydrogens (tertiary/aromatic N) is 3. The maximum absolute atomic E-state index is 12.4. The number of carbonyl (C=O) groups is 2. The van der Waals surface area contributed by atoms with Crippen molar-refractivity contribution in [2.24, 2.45) is 0 Å². The van der Waals surface area contributed by atoms with Crippen LogP contribution < -0.4 is 5.32 Å². The SMILES string of the molecule is Cc1ccccc1C(C)OC(=O)Nc1c(Cl)noc1C#Cc1nc2oc(C3(C(=O)O)CC3)nc2o1. The molecule has 1 aliphatic carbocycles. The molecule has 3 aromatic heterocycles. The molecule has 0 saturated heterocycles. The van der Waals surface area contributed by atoms with Crippen LogP contribution in [0.3, 0.4) is 0 Å². The monoisotopic (exact) mass is 496 g/mol. The van der Waals surface area contributed by atoms with E-state index in [0.29, 0.717) is 12.8 Å². The summed E-state index contributed by atoms with van der Waals surface area (Å²) in [5.74, 6) is 4.16. The molecule has 1 atom stereocenters. The molecule has 0 bridgehead atoms. The van der Waals surface area contributed by atoms with Crippen LogP contribution in [0.2, 0.25) is 5.15 Å². The number of halogens is 1. The zero-order valence-corrected chi connectivity index (χ0v) is 19.2. The van der Waals surface area contributed by atoms with Gasteiger partial charge in [-0.05, 0) is 43.7 Å². The zero-order chi connectivity index (χ0) is 24.7. The van der Waals surface area contributed by atoms with Crippen LogP contribution in [0.4, 0.5) is 10.5 Å². The standard InChI is InChI=1S/C23H17ClN4O7/c1-11-5-3-4-6-13(11)12(2)32-22(31)26-16-14(35-28-17(16)24)7-8-15-25-18-19(33-15)27-20(34-18)23(9-10-23)21(29)30/h3-6,12H,9-10H2,1-2H3,(H,26,31)(H,29,30). The van der Waals surface area contributed by atoms with Crippen molar-refractivity contribution in [2.45, 2.75) is 38.2 Å². The van der Waals surface area contributed by atoms with Crippen LogP contribution >= 0.6 is 11.6 Å². The Labute approximate surface area is 202 Å².